The Balaban J connectivity index is 2.45. The van der Waals surface area contributed by atoms with Gasteiger partial charge in [-0.05, 0) is 32.6 Å². The van der Waals surface area contributed by atoms with Crippen LogP contribution in [0.5, 0.6) is 0 Å². The maximum atomic E-state index is 12.0. The van der Waals surface area contributed by atoms with E-state index in [9.17, 15) is 14.7 Å². The van der Waals surface area contributed by atoms with Gasteiger partial charge in [-0.2, -0.15) is 0 Å². The van der Waals surface area contributed by atoms with Crippen LogP contribution in [0, 0.1) is 5.41 Å². The molecule has 0 aromatic rings. The molecule has 0 radical (unpaired) electrons. The molecule has 19 heavy (non-hydrogen) atoms. The van der Waals surface area contributed by atoms with Crippen molar-refractivity contribution in [3.63, 3.8) is 0 Å². The van der Waals surface area contributed by atoms with Crippen molar-refractivity contribution in [2.75, 3.05) is 20.2 Å². The minimum absolute atomic E-state index is 0.0856. The average molecular weight is 271 g/mol. The Labute approximate surface area is 114 Å². The predicted molar refractivity (Wildman–Crippen MR) is 71.9 cm³/mol. The number of rotatable bonds is 6. The van der Waals surface area contributed by atoms with Gasteiger partial charge in [0.25, 0.3) is 0 Å². The number of aliphatic carboxylic acids is 1. The van der Waals surface area contributed by atoms with Gasteiger partial charge in [0, 0.05) is 26.6 Å². The molecule has 1 saturated heterocycles. The third-order valence-corrected chi connectivity index (χ3v) is 4.37. The summed E-state index contributed by atoms with van der Waals surface area (Å²) in [6.45, 7) is 4.96. The number of nitrogens with zero attached hydrogens (tertiary/aromatic N) is 1. The molecule has 110 valence electrons. The molecule has 1 N–H and O–H groups in total. The first-order valence-corrected chi connectivity index (χ1v) is 6.99. The molecule has 5 heteroatoms. The van der Waals surface area contributed by atoms with Crippen LogP contribution in [0.15, 0.2) is 0 Å². The zero-order valence-electron chi connectivity index (χ0n) is 12.1. The second-order valence-corrected chi connectivity index (χ2v) is 5.40. The molecule has 0 aromatic heterocycles. The SMILES string of the molecule is CCC1(C(=O)O)CCN(C(=O)CCC(C)OC)CC1. The summed E-state index contributed by atoms with van der Waals surface area (Å²) in [5.41, 5.74) is -0.628. The molecule has 0 bridgehead atoms. The number of carboxylic acid groups (broad SMARTS) is 1. The smallest absolute Gasteiger partial charge is 0.309 e. The van der Waals surface area contributed by atoms with E-state index in [1.807, 2.05) is 13.8 Å². The Hall–Kier alpha value is -1.10. The van der Waals surface area contributed by atoms with Crippen LogP contribution in [0.4, 0.5) is 0 Å². The summed E-state index contributed by atoms with van der Waals surface area (Å²) >= 11 is 0. The maximum absolute atomic E-state index is 12.0. The summed E-state index contributed by atoms with van der Waals surface area (Å²) < 4.78 is 5.12. The maximum Gasteiger partial charge on any atom is 0.309 e. The molecule has 0 spiro atoms. The number of hydrogen-bond donors (Lipinski definition) is 1. The quantitative estimate of drug-likeness (QED) is 0.801. The number of carbonyl (C=O) groups excluding carboxylic acids is 1. The van der Waals surface area contributed by atoms with Gasteiger partial charge in [0.15, 0.2) is 0 Å². The molecule has 1 aliphatic rings. The number of ether oxygens (including phenoxy) is 1. The van der Waals surface area contributed by atoms with E-state index in [2.05, 4.69) is 0 Å². The number of methoxy groups -OCH3 is 1. The fourth-order valence-corrected chi connectivity index (χ4v) is 2.51. The molecule has 1 heterocycles. The van der Waals surface area contributed by atoms with Gasteiger partial charge in [0.05, 0.1) is 11.5 Å². The van der Waals surface area contributed by atoms with E-state index in [-0.39, 0.29) is 12.0 Å². The summed E-state index contributed by atoms with van der Waals surface area (Å²) in [6, 6.07) is 0. The van der Waals surface area contributed by atoms with Crippen molar-refractivity contribution in [2.24, 2.45) is 5.41 Å². The van der Waals surface area contributed by atoms with Crippen molar-refractivity contribution >= 4 is 11.9 Å². The lowest BCUT2D eigenvalue weighted by molar-refractivity contribution is -0.154. The molecule has 1 fully saturated rings. The van der Waals surface area contributed by atoms with Gasteiger partial charge < -0.3 is 14.7 Å². The highest BCUT2D eigenvalue weighted by atomic mass is 16.5. The van der Waals surface area contributed by atoms with Crippen LogP contribution in [0.1, 0.15) is 46.0 Å². The van der Waals surface area contributed by atoms with Crippen LogP contribution in [0.25, 0.3) is 0 Å². The fraction of sp³-hybridized carbons (Fsp3) is 0.857. The average Bonchev–Trinajstić information content (AvgIpc) is 2.44. The van der Waals surface area contributed by atoms with Gasteiger partial charge in [0.2, 0.25) is 5.91 Å². The van der Waals surface area contributed by atoms with Gasteiger partial charge >= 0.3 is 5.97 Å². The molecule has 1 aliphatic heterocycles. The second-order valence-electron chi connectivity index (χ2n) is 5.40. The van der Waals surface area contributed by atoms with E-state index in [1.165, 1.54) is 0 Å². The molecule has 1 atom stereocenters. The molecule has 1 rings (SSSR count). The normalized spacial score (nSPS) is 20.1. The lowest BCUT2D eigenvalue weighted by Gasteiger charge is -2.38. The van der Waals surface area contributed by atoms with Crippen LogP contribution < -0.4 is 0 Å². The zero-order valence-corrected chi connectivity index (χ0v) is 12.1. The highest BCUT2D eigenvalue weighted by molar-refractivity contribution is 5.78. The van der Waals surface area contributed by atoms with Crippen LogP contribution in [-0.4, -0.2) is 48.2 Å². The van der Waals surface area contributed by atoms with Crippen LogP contribution >= 0.6 is 0 Å². The molecule has 0 aliphatic carbocycles. The Bertz CT molecular complexity index is 321. The lowest BCUT2D eigenvalue weighted by Crippen LogP contribution is -2.46. The van der Waals surface area contributed by atoms with Gasteiger partial charge in [0.1, 0.15) is 0 Å². The van der Waals surface area contributed by atoms with Gasteiger partial charge in [-0.15, -0.1) is 0 Å². The van der Waals surface area contributed by atoms with Crippen molar-refractivity contribution in [1.29, 1.82) is 0 Å². The van der Waals surface area contributed by atoms with E-state index in [1.54, 1.807) is 12.0 Å². The summed E-state index contributed by atoms with van der Waals surface area (Å²) in [5, 5.41) is 9.30. The third kappa shape index (κ3) is 3.93. The molecule has 5 nitrogen and oxygen atoms in total. The van der Waals surface area contributed by atoms with Crippen molar-refractivity contribution < 1.29 is 19.4 Å². The van der Waals surface area contributed by atoms with E-state index >= 15 is 0 Å². The minimum atomic E-state index is -0.727. The largest absolute Gasteiger partial charge is 0.481 e. The first kappa shape index (κ1) is 16.0. The zero-order chi connectivity index (χ0) is 14.5. The number of hydrogen-bond acceptors (Lipinski definition) is 3. The standard InChI is InChI=1S/C14H25NO4/c1-4-14(13(17)18)7-9-15(10-8-14)12(16)6-5-11(2)19-3/h11H,4-10H2,1-3H3,(H,17,18). The van der Waals surface area contributed by atoms with Crippen molar-refractivity contribution in [2.45, 2.75) is 52.1 Å². The van der Waals surface area contributed by atoms with Gasteiger partial charge in [-0.25, -0.2) is 0 Å². The number of likely N-dealkylation sites (tertiary alicyclic amines) is 1. The van der Waals surface area contributed by atoms with Crippen molar-refractivity contribution in [3.05, 3.63) is 0 Å². The molecule has 1 unspecified atom stereocenters. The van der Waals surface area contributed by atoms with Crippen molar-refractivity contribution in [3.8, 4) is 0 Å². The van der Waals surface area contributed by atoms with E-state index in [0.717, 1.165) is 0 Å². The third-order valence-electron chi connectivity index (χ3n) is 4.37. The Morgan fingerprint density at radius 3 is 2.37 bits per heavy atom. The van der Waals surface area contributed by atoms with Crippen LogP contribution in [0.2, 0.25) is 0 Å². The summed E-state index contributed by atoms with van der Waals surface area (Å²) in [7, 11) is 1.64. The number of carboxylic acids is 1. The second kappa shape index (κ2) is 6.89. The van der Waals surface area contributed by atoms with Gasteiger partial charge in [-0.1, -0.05) is 6.92 Å². The van der Waals surface area contributed by atoms with Crippen LogP contribution in [0.3, 0.4) is 0 Å². The Morgan fingerprint density at radius 2 is 1.95 bits per heavy atom. The minimum Gasteiger partial charge on any atom is -0.481 e. The monoisotopic (exact) mass is 271 g/mol. The Morgan fingerprint density at radius 1 is 1.37 bits per heavy atom. The lowest BCUT2D eigenvalue weighted by atomic mass is 9.76. The Kier molecular flexibility index (Phi) is 5.79. The summed E-state index contributed by atoms with van der Waals surface area (Å²) in [6.07, 6.45) is 3.02. The van der Waals surface area contributed by atoms with Crippen LogP contribution in [-0.2, 0) is 14.3 Å². The highest BCUT2D eigenvalue weighted by Gasteiger charge is 2.40. The first-order valence-electron chi connectivity index (χ1n) is 6.99. The topological polar surface area (TPSA) is 66.8 Å². The fourth-order valence-electron chi connectivity index (χ4n) is 2.51. The first-order chi connectivity index (χ1) is 8.95. The van der Waals surface area contributed by atoms with E-state index in [0.29, 0.717) is 45.2 Å². The molecular weight excluding hydrogens is 246 g/mol. The number of carbonyl (C=O) groups is 2. The predicted octanol–water partition coefficient (Wildman–Crippen LogP) is 1.90. The van der Waals surface area contributed by atoms with E-state index in [4.69, 9.17) is 4.74 Å². The van der Waals surface area contributed by atoms with E-state index < -0.39 is 11.4 Å². The highest BCUT2D eigenvalue weighted by Crippen LogP contribution is 2.35. The molecular formula is C14H25NO4. The summed E-state index contributed by atoms with van der Waals surface area (Å²) in [4.78, 5) is 25.1. The number of amides is 1. The molecule has 1 amide bonds. The number of piperidine rings is 1. The van der Waals surface area contributed by atoms with Gasteiger partial charge in [-0.3, -0.25) is 9.59 Å². The summed E-state index contributed by atoms with van der Waals surface area (Å²) in [5.74, 6) is -0.617. The van der Waals surface area contributed by atoms with Crippen molar-refractivity contribution in [1.82, 2.24) is 4.90 Å². The molecule has 0 saturated carbocycles. The molecule has 0 aromatic carbocycles.